The van der Waals surface area contributed by atoms with Crippen LogP contribution in [0, 0.1) is 28.6 Å². The molecule has 4 fully saturated rings. The van der Waals surface area contributed by atoms with E-state index in [0.717, 1.165) is 56.9 Å². The van der Waals surface area contributed by atoms with Crippen molar-refractivity contribution < 1.29 is 14.1 Å². The summed E-state index contributed by atoms with van der Waals surface area (Å²) in [6, 6.07) is 0. The largest absolute Gasteiger partial charge is 0.385 e. The molecule has 0 aromatic rings. The molecule has 4 aliphatic rings. The Morgan fingerprint density at radius 2 is 1.96 bits per heavy atom. The summed E-state index contributed by atoms with van der Waals surface area (Å²) in [7, 11) is -0.932. The number of aliphatic hydroxyl groups is 1. The normalized spacial score (nSPS) is 49.3. The molecule has 0 saturated heterocycles. The third-order valence-corrected chi connectivity index (χ3v) is 11.2. The SMILES string of the molecule is C=C1C[C@@H]2[C@@H](CC[C@]3(C)C(=O)CC[C@@H]23)[C@@]2(C)CCC(S(=O)CCCN)CC12O. The molecule has 3 N–H and O–H groups in total. The molecule has 4 rings (SSSR count). The number of hydrogen-bond donors (Lipinski definition) is 2. The van der Waals surface area contributed by atoms with Crippen molar-refractivity contribution >= 4 is 16.6 Å². The molecule has 0 radical (unpaired) electrons. The van der Waals surface area contributed by atoms with E-state index in [0.29, 0.717) is 42.3 Å². The van der Waals surface area contributed by atoms with Crippen LogP contribution in [0.2, 0.25) is 0 Å². The van der Waals surface area contributed by atoms with Gasteiger partial charge in [0.15, 0.2) is 0 Å². The smallest absolute Gasteiger partial charge is 0.139 e. The fourth-order valence-electron chi connectivity index (χ4n) is 7.58. The molecule has 0 aromatic carbocycles. The van der Waals surface area contributed by atoms with Gasteiger partial charge in [-0.25, -0.2) is 0 Å². The van der Waals surface area contributed by atoms with Crippen molar-refractivity contribution in [3.8, 4) is 0 Å². The third-order valence-electron chi connectivity index (χ3n) is 9.41. The predicted octanol–water partition coefficient (Wildman–Crippen LogP) is 3.35. The van der Waals surface area contributed by atoms with Crippen LogP contribution >= 0.6 is 0 Å². The van der Waals surface area contributed by atoms with Gasteiger partial charge in [-0.3, -0.25) is 9.00 Å². The third kappa shape index (κ3) is 2.75. The van der Waals surface area contributed by atoms with Gasteiger partial charge < -0.3 is 10.8 Å². The van der Waals surface area contributed by atoms with Crippen LogP contribution in [-0.2, 0) is 15.6 Å². The maximum Gasteiger partial charge on any atom is 0.139 e. The van der Waals surface area contributed by atoms with Crippen LogP contribution in [-0.4, -0.2) is 38.2 Å². The van der Waals surface area contributed by atoms with Gasteiger partial charge in [-0.1, -0.05) is 20.4 Å². The Hall–Kier alpha value is -0.520. The number of carbonyl (C=O) groups excluding carboxylic acids is 1. The summed E-state index contributed by atoms with van der Waals surface area (Å²) in [4.78, 5) is 12.6. The summed E-state index contributed by atoms with van der Waals surface area (Å²) in [6.45, 7) is 9.37. The van der Waals surface area contributed by atoms with Crippen LogP contribution in [0.1, 0.15) is 71.6 Å². The molecule has 0 aliphatic heterocycles. The second-order valence-corrected chi connectivity index (χ2v) is 12.3. The summed E-state index contributed by atoms with van der Waals surface area (Å²) in [5.74, 6) is 2.42. The minimum absolute atomic E-state index is 0.0415. The van der Waals surface area contributed by atoms with Crippen molar-refractivity contribution in [2.75, 3.05) is 12.3 Å². The zero-order valence-corrected chi connectivity index (χ0v) is 18.4. The van der Waals surface area contributed by atoms with E-state index < -0.39 is 16.4 Å². The molecule has 28 heavy (non-hydrogen) atoms. The van der Waals surface area contributed by atoms with Gasteiger partial charge >= 0.3 is 0 Å². The quantitative estimate of drug-likeness (QED) is 0.701. The highest BCUT2D eigenvalue weighted by Crippen LogP contribution is 2.67. The Morgan fingerprint density at radius 1 is 1.21 bits per heavy atom. The Labute approximate surface area is 172 Å². The molecule has 0 amide bonds. The minimum Gasteiger partial charge on any atom is -0.385 e. The highest BCUT2D eigenvalue weighted by atomic mass is 32.2. The van der Waals surface area contributed by atoms with Crippen molar-refractivity contribution in [3.63, 3.8) is 0 Å². The number of hydrogen-bond acceptors (Lipinski definition) is 4. The molecule has 8 atom stereocenters. The van der Waals surface area contributed by atoms with Crippen molar-refractivity contribution in [3.05, 3.63) is 12.2 Å². The number of carbonyl (C=O) groups is 1. The van der Waals surface area contributed by atoms with E-state index in [1.165, 1.54) is 0 Å². The lowest BCUT2D eigenvalue weighted by Gasteiger charge is -2.64. The first-order chi connectivity index (χ1) is 13.2. The number of ketones is 1. The molecule has 5 heteroatoms. The lowest BCUT2D eigenvalue weighted by atomic mass is 9.43. The summed E-state index contributed by atoms with van der Waals surface area (Å²) < 4.78 is 12.8. The van der Waals surface area contributed by atoms with Gasteiger partial charge in [-0.15, -0.1) is 0 Å². The van der Waals surface area contributed by atoms with E-state index in [2.05, 4.69) is 20.4 Å². The molecule has 4 nitrogen and oxygen atoms in total. The van der Waals surface area contributed by atoms with E-state index in [4.69, 9.17) is 5.73 Å². The van der Waals surface area contributed by atoms with Gasteiger partial charge in [-0.2, -0.15) is 0 Å². The van der Waals surface area contributed by atoms with E-state index >= 15 is 0 Å². The van der Waals surface area contributed by atoms with Crippen molar-refractivity contribution in [1.29, 1.82) is 0 Å². The van der Waals surface area contributed by atoms with Crippen LogP contribution in [0.4, 0.5) is 0 Å². The summed E-state index contributed by atoms with van der Waals surface area (Å²) in [5, 5.41) is 12.0. The van der Waals surface area contributed by atoms with E-state index in [-0.39, 0.29) is 16.1 Å². The Morgan fingerprint density at radius 3 is 2.68 bits per heavy atom. The van der Waals surface area contributed by atoms with E-state index in [9.17, 15) is 14.1 Å². The molecule has 158 valence electrons. The zero-order valence-electron chi connectivity index (χ0n) is 17.5. The molecular weight excluding hydrogens is 370 g/mol. The average Bonchev–Trinajstić information content (AvgIpc) is 2.96. The average molecular weight is 408 g/mol. The van der Waals surface area contributed by atoms with Gasteiger partial charge in [0.2, 0.25) is 0 Å². The van der Waals surface area contributed by atoms with Crippen molar-refractivity contribution in [2.24, 2.45) is 34.3 Å². The van der Waals surface area contributed by atoms with E-state index in [1.807, 2.05) is 0 Å². The van der Waals surface area contributed by atoms with E-state index in [1.54, 1.807) is 0 Å². The lowest BCUT2D eigenvalue weighted by molar-refractivity contribution is -0.172. The summed E-state index contributed by atoms with van der Waals surface area (Å²) >= 11 is 0. The first-order valence-electron chi connectivity index (χ1n) is 11.2. The number of Topliss-reactive ketones (excluding diaryl/α,β-unsaturated/α-hetero) is 1. The van der Waals surface area contributed by atoms with Crippen molar-refractivity contribution in [2.45, 2.75) is 82.5 Å². The zero-order chi connectivity index (χ0) is 20.3. The number of rotatable bonds is 4. The second kappa shape index (κ2) is 7.02. The molecular formula is C23H37NO3S. The van der Waals surface area contributed by atoms with Gasteiger partial charge in [0.05, 0.1) is 5.60 Å². The molecule has 0 spiro atoms. The first-order valence-corrected chi connectivity index (χ1v) is 12.6. The monoisotopic (exact) mass is 407 g/mol. The van der Waals surface area contributed by atoms with Crippen LogP contribution in [0.5, 0.6) is 0 Å². The molecule has 4 saturated carbocycles. The fourth-order valence-corrected chi connectivity index (χ4v) is 9.17. The number of nitrogens with two attached hydrogens (primary N) is 1. The molecule has 3 unspecified atom stereocenters. The van der Waals surface area contributed by atoms with Gasteiger partial charge in [0.1, 0.15) is 5.78 Å². The van der Waals surface area contributed by atoms with Crippen LogP contribution in [0.3, 0.4) is 0 Å². The maximum absolute atomic E-state index is 12.8. The fraction of sp³-hybridized carbons (Fsp3) is 0.870. The highest BCUT2D eigenvalue weighted by molar-refractivity contribution is 7.85. The molecule has 4 aliphatic carbocycles. The Bertz CT molecular complexity index is 708. The van der Waals surface area contributed by atoms with Gasteiger partial charge in [0, 0.05) is 39.1 Å². The minimum atomic E-state index is -0.932. The summed E-state index contributed by atoms with van der Waals surface area (Å²) in [5.41, 5.74) is 5.23. The first kappa shape index (κ1) is 20.7. The standard InChI is InChI=1S/C23H37NO3S/c1-15-13-17-18-5-6-20(25)21(18,2)9-8-19(17)22(3)10-7-16(14-23(15,22)26)28(27)12-4-11-24/h16-19,26H,1,4-14,24H2,2-3H3/t16?,17-,18-,19+,21-,22+,23?,28?/m0/s1. The second-order valence-electron chi connectivity index (χ2n) is 10.5. The summed E-state index contributed by atoms with van der Waals surface area (Å²) in [6.07, 6.45) is 7.70. The maximum atomic E-state index is 12.8. The predicted molar refractivity (Wildman–Crippen MR) is 113 cm³/mol. The lowest BCUT2D eigenvalue weighted by Crippen LogP contribution is -2.64. The van der Waals surface area contributed by atoms with Crippen molar-refractivity contribution in [1.82, 2.24) is 0 Å². The Balaban J connectivity index is 1.61. The molecule has 0 aromatic heterocycles. The van der Waals surface area contributed by atoms with Gasteiger partial charge in [0.25, 0.3) is 0 Å². The van der Waals surface area contributed by atoms with Crippen LogP contribution < -0.4 is 5.73 Å². The Kier molecular flexibility index (Phi) is 5.20. The van der Waals surface area contributed by atoms with Crippen LogP contribution in [0.15, 0.2) is 12.2 Å². The molecule has 0 heterocycles. The number of fused-ring (bicyclic) bond motifs is 5. The van der Waals surface area contributed by atoms with Crippen LogP contribution in [0.25, 0.3) is 0 Å². The van der Waals surface area contributed by atoms with Gasteiger partial charge in [-0.05, 0) is 81.2 Å². The topological polar surface area (TPSA) is 80.4 Å². The molecule has 0 bridgehead atoms. The highest BCUT2D eigenvalue weighted by Gasteiger charge is 2.66.